The van der Waals surface area contributed by atoms with Crippen molar-refractivity contribution in [2.24, 2.45) is 11.1 Å². The number of piperidine rings is 1. The van der Waals surface area contributed by atoms with Gasteiger partial charge in [-0.3, -0.25) is 4.57 Å². The van der Waals surface area contributed by atoms with Gasteiger partial charge in [-0.25, -0.2) is 26.9 Å². The summed E-state index contributed by atoms with van der Waals surface area (Å²) in [7, 11) is -3.86. The van der Waals surface area contributed by atoms with E-state index in [9.17, 15) is 17.2 Å². The molecule has 0 radical (unpaired) electrons. The Morgan fingerprint density at radius 1 is 1.18 bits per heavy atom. The van der Waals surface area contributed by atoms with E-state index in [-0.39, 0.29) is 38.5 Å². The second-order valence-electron chi connectivity index (χ2n) is 12.2. The molecule has 7 rings (SSSR count). The van der Waals surface area contributed by atoms with Crippen LogP contribution in [-0.4, -0.2) is 65.5 Å². The maximum absolute atomic E-state index is 13.6. The standard InChI is InChI=1S/C26H33F2N7O3S2/c1-14-20(29)26(13-38-14)7-9-34(10-8-26)17-11-16(40(36,37)33-25(2)5-6-25)12-18-19(17)30-22(15-3-4-15)35(18)24-32-31-23(39-24)21(27)28/h11-12,14-15,20-21,33H,3-10,13,29H2,1-2H3/t14-,20+/m0/s1. The number of aromatic nitrogens is 4. The number of rotatable bonds is 7. The Hall–Kier alpha value is -2.26. The summed E-state index contributed by atoms with van der Waals surface area (Å²) in [6, 6.07) is 3.26. The van der Waals surface area contributed by atoms with Gasteiger partial charge in [0.2, 0.25) is 15.2 Å². The lowest BCUT2D eigenvalue weighted by atomic mass is 9.73. The summed E-state index contributed by atoms with van der Waals surface area (Å²) >= 11 is 0.805. The molecule has 0 amide bonds. The molecular formula is C26H33F2N7O3S2. The van der Waals surface area contributed by atoms with Crippen molar-refractivity contribution in [1.82, 2.24) is 24.5 Å². The molecule has 2 saturated heterocycles. The van der Waals surface area contributed by atoms with Gasteiger partial charge in [-0.05, 0) is 64.5 Å². The smallest absolute Gasteiger partial charge is 0.291 e. The highest BCUT2D eigenvalue weighted by molar-refractivity contribution is 7.89. The van der Waals surface area contributed by atoms with Crippen LogP contribution in [0.5, 0.6) is 0 Å². The summed E-state index contributed by atoms with van der Waals surface area (Å²) in [6.07, 6.45) is 2.30. The van der Waals surface area contributed by atoms with Gasteiger partial charge in [0.15, 0.2) is 5.01 Å². The molecule has 4 heterocycles. The second-order valence-corrected chi connectivity index (χ2v) is 14.8. The molecule has 2 saturated carbocycles. The molecule has 2 aliphatic heterocycles. The highest BCUT2D eigenvalue weighted by Crippen LogP contribution is 2.47. The third-order valence-electron chi connectivity index (χ3n) is 9.13. The van der Waals surface area contributed by atoms with Crippen LogP contribution in [0.4, 0.5) is 14.5 Å². The molecule has 0 bridgehead atoms. The van der Waals surface area contributed by atoms with Gasteiger partial charge in [-0.15, -0.1) is 10.2 Å². The van der Waals surface area contributed by atoms with Crippen LogP contribution in [0.2, 0.25) is 0 Å². The van der Waals surface area contributed by atoms with Crippen LogP contribution in [0.1, 0.15) is 75.5 Å². The van der Waals surface area contributed by atoms with E-state index in [0.29, 0.717) is 42.2 Å². The normalized spacial score (nSPS) is 25.9. The Labute approximate surface area is 235 Å². The van der Waals surface area contributed by atoms with E-state index in [1.54, 1.807) is 16.7 Å². The van der Waals surface area contributed by atoms with E-state index >= 15 is 0 Å². The zero-order chi connectivity index (χ0) is 28.0. The predicted octanol–water partition coefficient (Wildman–Crippen LogP) is 3.86. The number of imidazole rings is 1. The van der Waals surface area contributed by atoms with Crippen LogP contribution >= 0.6 is 11.3 Å². The van der Waals surface area contributed by atoms with Crippen LogP contribution in [0.3, 0.4) is 0 Å². The Morgan fingerprint density at radius 2 is 1.90 bits per heavy atom. The minimum Gasteiger partial charge on any atom is -0.376 e. The zero-order valence-electron chi connectivity index (χ0n) is 22.4. The van der Waals surface area contributed by atoms with Crippen LogP contribution in [0.15, 0.2) is 17.0 Å². The van der Waals surface area contributed by atoms with Crippen molar-refractivity contribution in [2.45, 2.75) is 87.3 Å². The molecule has 1 spiro atoms. The van der Waals surface area contributed by atoms with Gasteiger partial charge in [-0.1, -0.05) is 11.3 Å². The van der Waals surface area contributed by atoms with Crippen molar-refractivity contribution in [1.29, 1.82) is 0 Å². The molecule has 2 atom stereocenters. The quantitative estimate of drug-likeness (QED) is 0.423. The van der Waals surface area contributed by atoms with Crippen LogP contribution in [0, 0.1) is 5.41 Å². The minimum atomic E-state index is -3.86. The fraction of sp³-hybridized carbons (Fsp3) is 0.654. The van der Waals surface area contributed by atoms with E-state index in [4.69, 9.17) is 15.5 Å². The van der Waals surface area contributed by atoms with E-state index in [1.165, 1.54) is 0 Å². The van der Waals surface area contributed by atoms with Crippen LogP contribution in [0.25, 0.3) is 16.2 Å². The number of nitrogens with zero attached hydrogens (tertiary/aromatic N) is 5. The van der Waals surface area contributed by atoms with E-state index in [0.717, 1.165) is 49.9 Å². The fourth-order valence-electron chi connectivity index (χ4n) is 6.11. The lowest BCUT2D eigenvalue weighted by molar-refractivity contribution is 0.0974. The summed E-state index contributed by atoms with van der Waals surface area (Å²) in [5.74, 6) is 0.862. The maximum Gasteiger partial charge on any atom is 0.291 e. The number of halogens is 2. The number of anilines is 1. The Bertz CT molecular complexity index is 1570. The molecule has 4 aliphatic rings. The van der Waals surface area contributed by atoms with Gasteiger partial charge in [0, 0.05) is 36.0 Å². The SMILES string of the molecule is C[C@@H]1OCC2(CCN(c3cc(S(=O)(=O)NC4(C)CC4)cc4c3nc(C3CC3)n4-c3nnc(C(F)F)s3)CC2)[C@@H]1N. The summed E-state index contributed by atoms with van der Waals surface area (Å²) in [4.78, 5) is 7.32. The largest absolute Gasteiger partial charge is 0.376 e. The highest BCUT2D eigenvalue weighted by Gasteiger charge is 2.48. The first-order valence-corrected chi connectivity index (χ1v) is 16.1. The molecule has 4 fully saturated rings. The number of sulfonamides is 1. The average molecular weight is 594 g/mol. The summed E-state index contributed by atoms with van der Waals surface area (Å²) < 4.78 is 64.6. The molecule has 3 N–H and O–H groups in total. The van der Waals surface area contributed by atoms with Crippen molar-refractivity contribution in [3.8, 4) is 5.13 Å². The van der Waals surface area contributed by atoms with Crippen LogP contribution in [-0.2, 0) is 14.8 Å². The number of hydrogen-bond acceptors (Lipinski definition) is 9. The first kappa shape index (κ1) is 26.6. The third-order valence-corrected chi connectivity index (χ3v) is 11.7. The van der Waals surface area contributed by atoms with Gasteiger partial charge < -0.3 is 15.4 Å². The summed E-state index contributed by atoms with van der Waals surface area (Å²) in [5.41, 5.74) is 7.89. The topological polar surface area (TPSA) is 128 Å². The number of fused-ring (bicyclic) bond motifs is 1. The molecular weight excluding hydrogens is 560 g/mol. The molecule has 14 heteroatoms. The van der Waals surface area contributed by atoms with Crippen molar-refractivity contribution >= 4 is 38.1 Å². The molecule has 40 heavy (non-hydrogen) atoms. The Kier molecular flexibility index (Phi) is 6.07. The number of ether oxygens (including phenoxy) is 1. The van der Waals surface area contributed by atoms with Crippen molar-refractivity contribution < 1.29 is 21.9 Å². The predicted molar refractivity (Wildman–Crippen MR) is 147 cm³/mol. The van der Waals surface area contributed by atoms with Crippen molar-refractivity contribution in [3.63, 3.8) is 0 Å². The minimum absolute atomic E-state index is 0.00317. The van der Waals surface area contributed by atoms with Gasteiger partial charge in [0.05, 0.1) is 28.8 Å². The van der Waals surface area contributed by atoms with Crippen molar-refractivity contribution in [2.75, 3.05) is 24.6 Å². The molecule has 216 valence electrons. The zero-order valence-corrected chi connectivity index (χ0v) is 24.1. The molecule has 3 aromatic rings. The highest BCUT2D eigenvalue weighted by atomic mass is 32.2. The maximum atomic E-state index is 13.6. The van der Waals surface area contributed by atoms with Gasteiger partial charge in [0.1, 0.15) is 11.3 Å². The third kappa shape index (κ3) is 4.42. The first-order valence-electron chi connectivity index (χ1n) is 13.8. The number of nitrogens with one attached hydrogen (secondary N) is 1. The summed E-state index contributed by atoms with van der Waals surface area (Å²) in [5, 5.41) is 7.66. The van der Waals surface area contributed by atoms with E-state index in [2.05, 4.69) is 19.8 Å². The lowest BCUT2D eigenvalue weighted by Gasteiger charge is -2.42. The molecule has 2 aromatic heterocycles. The molecule has 2 aliphatic carbocycles. The lowest BCUT2D eigenvalue weighted by Crippen LogP contribution is -2.50. The Balaban J connectivity index is 1.36. The number of benzene rings is 1. The molecule has 0 unspecified atom stereocenters. The number of hydrogen-bond donors (Lipinski definition) is 2. The molecule has 10 nitrogen and oxygen atoms in total. The van der Waals surface area contributed by atoms with Crippen LogP contribution < -0.4 is 15.4 Å². The van der Waals surface area contributed by atoms with Crippen molar-refractivity contribution in [3.05, 3.63) is 23.0 Å². The monoisotopic (exact) mass is 593 g/mol. The Morgan fingerprint density at radius 3 is 2.48 bits per heavy atom. The van der Waals surface area contributed by atoms with Gasteiger partial charge in [-0.2, -0.15) is 0 Å². The number of alkyl halides is 2. The molecule has 1 aromatic carbocycles. The van der Waals surface area contributed by atoms with Gasteiger partial charge >= 0.3 is 0 Å². The van der Waals surface area contributed by atoms with E-state index in [1.807, 2.05) is 13.8 Å². The number of nitrogens with two attached hydrogens (primary N) is 1. The van der Waals surface area contributed by atoms with Gasteiger partial charge in [0.25, 0.3) is 6.43 Å². The van der Waals surface area contributed by atoms with E-state index < -0.39 is 22.0 Å². The second kappa shape index (κ2) is 9.12. The average Bonchev–Trinajstić information content (AvgIpc) is 3.77. The summed E-state index contributed by atoms with van der Waals surface area (Å²) in [6.45, 7) is 5.88. The fourth-order valence-corrected chi connectivity index (χ4v) is 8.34. The first-order chi connectivity index (χ1) is 19.0.